The van der Waals surface area contributed by atoms with Gasteiger partial charge in [0.15, 0.2) is 0 Å². The average molecular weight is 466 g/mol. The van der Waals surface area contributed by atoms with Crippen LogP contribution in [0.15, 0.2) is 24.3 Å². The van der Waals surface area contributed by atoms with Gasteiger partial charge in [-0.25, -0.2) is 0 Å². The Hall–Kier alpha value is -0.640. The molecule has 33 heavy (non-hydrogen) atoms. The Morgan fingerprint density at radius 2 is 1.42 bits per heavy atom. The topological polar surface area (TPSA) is 21.7 Å². The number of likely N-dealkylation sites (N-methyl/N-ethyl adjacent to an activating group) is 1. The summed E-state index contributed by atoms with van der Waals surface area (Å²) < 4.78 is 11.9. The van der Waals surface area contributed by atoms with Gasteiger partial charge in [-0.1, -0.05) is 103 Å². The van der Waals surface area contributed by atoms with Gasteiger partial charge in [0.1, 0.15) is 0 Å². The first-order chi connectivity index (χ1) is 16.1. The second kappa shape index (κ2) is 26.0. The van der Waals surface area contributed by atoms with Crippen molar-refractivity contribution in [3.05, 3.63) is 24.3 Å². The molecule has 196 valence electrons. The molecule has 0 spiro atoms. The lowest BCUT2D eigenvalue weighted by molar-refractivity contribution is -0.0261. The number of hydrogen-bond donors (Lipinski definition) is 0. The van der Waals surface area contributed by atoms with Gasteiger partial charge in [0.25, 0.3) is 0 Å². The maximum Gasteiger partial charge on any atom is 0.0934 e. The fraction of sp³-hybridized carbons (Fsp3) is 0.867. The van der Waals surface area contributed by atoms with E-state index in [-0.39, 0.29) is 6.10 Å². The van der Waals surface area contributed by atoms with Gasteiger partial charge < -0.3 is 14.4 Å². The highest BCUT2D eigenvalue weighted by Crippen LogP contribution is 2.16. The molecule has 0 N–H and O–H groups in total. The summed E-state index contributed by atoms with van der Waals surface area (Å²) in [6, 6.07) is 0. The van der Waals surface area contributed by atoms with E-state index in [1.807, 2.05) is 0 Å². The fourth-order valence-electron chi connectivity index (χ4n) is 4.02. The Morgan fingerprint density at radius 1 is 0.727 bits per heavy atom. The van der Waals surface area contributed by atoms with Crippen LogP contribution in [0.5, 0.6) is 0 Å². The molecule has 0 fully saturated rings. The molecule has 0 radical (unpaired) electrons. The Bertz CT molecular complexity index is 433. The molecule has 0 heterocycles. The quantitative estimate of drug-likeness (QED) is 0.0995. The van der Waals surface area contributed by atoms with Crippen molar-refractivity contribution in [2.75, 3.05) is 40.5 Å². The molecule has 0 aliphatic rings. The first kappa shape index (κ1) is 32.4. The zero-order chi connectivity index (χ0) is 24.4. The van der Waals surface area contributed by atoms with Crippen molar-refractivity contribution in [2.24, 2.45) is 5.92 Å². The first-order valence-electron chi connectivity index (χ1n) is 14.2. The van der Waals surface area contributed by atoms with E-state index in [0.717, 1.165) is 38.5 Å². The third-order valence-electron chi connectivity index (χ3n) is 6.08. The van der Waals surface area contributed by atoms with Gasteiger partial charge in [-0.3, -0.25) is 0 Å². The molecule has 0 aliphatic heterocycles. The normalized spacial score (nSPS) is 14.1. The molecule has 3 nitrogen and oxygen atoms in total. The van der Waals surface area contributed by atoms with E-state index >= 15 is 0 Å². The van der Waals surface area contributed by atoms with E-state index in [0.29, 0.717) is 6.61 Å². The summed E-state index contributed by atoms with van der Waals surface area (Å²) in [5.74, 6) is 0.845. The van der Waals surface area contributed by atoms with Crippen LogP contribution in [-0.4, -0.2) is 51.5 Å². The second-order valence-electron chi connectivity index (χ2n) is 10.1. The Balaban J connectivity index is 3.54. The van der Waals surface area contributed by atoms with Gasteiger partial charge in [-0.15, -0.1) is 0 Å². The molecule has 0 aromatic carbocycles. The molecule has 2 unspecified atom stereocenters. The number of hydrogen-bond acceptors (Lipinski definition) is 3. The molecule has 0 bridgehead atoms. The van der Waals surface area contributed by atoms with Crippen LogP contribution < -0.4 is 0 Å². The van der Waals surface area contributed by atoms with Crippen LogP contribution in [0.1, 0.15) is 117 Å². The lowest BCUT2D eigenvalue weighted by atomic mass is 9.98. The largest absolute Gasteiger partial charge is 0.379 e. The van der Waals surface area contributed by atoms with Gasteiger partial charge in [-0.2, -0.15) is 0 Å². The highest BCUT2D eigenvalue weighted by molar-refractivity contribution is 4.83. The van der Waals surface area contributed by atoms with Crippen LogP contribution in [0.4, 0.5) is 0 Å². The molecule has 0 rings (SSSR count). The van der Waals surface area contributed by atoms with Crippen molar-refractivity contribution in [3.63, 3.8) is 0 Å². The van der Waals surface area contributed by atoms with Crippen molar-refractivity contribution in [1.29, 1.82) is 0 Å². The Labute approximate surface area is 208 Å². The van der Waals surface area contributed by atoms with Crippen LogP contribution >= 0.6 is 0 Å². The number of allylic oxidation sites excluding steroid dienone is 3. The van der Waals surface area contributed by atoms with Crippen molar-refractivity contribution in [2.45, 2.75) is 123 Å². The maximum atomic E-state index is 6.02. The van der Waals surface area contributed by atoms with E-state index in [2.05, 4.69) is 64.1 Å². The number of nitrogens with zero attached hydrogens (tertiary/aromatic N) is 1. The molecule has 0 saturated carbocycles. The van der Waals surface area contributed by atoms with E-state index in [4.69, 9.17) is 9.47 Å². The highest BCUT2D eigenvalue weighted by Gasteiger charge is 2.10. The second-order valence-corrected chi connectivity index (χ2v) is 10.1. The Kier molecular flexibility index (Phi) is 25.5. The fourth-order valence-corrected chi connectivity index (χ4v) is 4.02. The number of ether oxygens (including phenoxy) is 2. The smallest absolute Gasteiger partial charge is 0.0934 e. The molecule has 3 heteroatoms. The van der Waals surface area contributed by atoms with E-state index in [9.17, 15) is 0 Å². The monoisotopic (exact) mass is 465 g/mol. The van der Waals surface area contributed by atoms with E-state index < -0.39 is 0 Å². The maximum absolute atomic E-state index is 6.02. The summed E-state index contributed by atoms with van der Waals surface area (Å²) >= 11 is 0. The van der Waals surface area contributed by atoms with E-state index in [1.165, 1.54) is 83.5 Å². The number of rotatable bonds is 25. The van der Waals surface area contributed by atoms with E-state index in [1.54, 1.807) is 0 Å². The standard InChI is InChI=1S/C30H59NO2/c1-6-8-10-12-16-19-23-29(3)24-20-17-14-13-15-18-21-25-32-28-30(27-31(4)5)33-26-22-11-9-7-2/h9,11,16,19,29-30H,6-8,10,12-15,17-18,20-28H2,1-5H3. The first-order valence-corrected chi connectivity index (χ1v) is 14.2. The summed E-state index contributed by atoms with van der Waals surface area (Å²) in [4.78, 5) is 2.18. The average Bonchev–Trinajstić information content (AvgIpc) is 2.79. The predicted molar refractivity (Wildman–Crippen MR) is 147 cm³/mol. The molecular weight excluding hydrogens is 406 g/mol. The minimum absolute atomic E-state index is 0.175. The summed E-state index contributed by atoms with van der Waals surface area (Å²) in [6.07, 6.45) is 28.9. The minimum Gasteiger partial charge on any atom is -0.379 e. The summed E-state index contributed by atoms with van der Waals surface area (Å²) in [6.45, 7) is 10.1. The molecular formula is C30H59NO2. The minimum atomic E-state index is 0.175. The van der Waals surface area contributed by atoms with Crippen molar-refractivity contribution >= 4 is 0 Å². The predicted octanol–water partition coefficient (Wildman–Crippen LogP) is 8.59. The lowest BCUT2D eigenvalue weighted by Crippen LogP contribution is -2.32. The van der Waals surface area contributed by atoms with Gasteiger partial charge in [0, 0.05) is 13.2 Å². The SMILES string of the molecule is CCC=CCCOC(COCCCCCCCCCC(C)CC=CCCCCC)CN(C)C. The van der Waals surface area contributed by atoms with Crippen LogP contribution in [0.2, 0.25) is 0 Å². The van der Waals surface area contributed by atoms with Crippen LogP contribution in [0, 0.1) is 5.92 Å². The number of unbranched alkanes of at least 4 members (excludes halogenated alkanes) is 9. The molecule has 2 atom stereocenters. The third kappa shape index (κ3) is 25.8. The van der Waals surface area contributed by atoms with Gasteiger partial charge in [0.05, 0.1) is 19.3 Å². The molecule has 0 aliphatic carbocycles. The van der Waals surface area contributed by atoms with Crippen molar-refractivity contribution < 1.29 is 9.47 Å². The van der Waals surface area contributed by atoms with Gasteiger partial charge in [-0.05, 0) is 58.5 Å². The van der Waals surface area contributed by atoms with Crippen molar-refractivity contribution in [1.82, 2.24) is 4.90 Å². The zero-order valence-electron chi connectivity index (χ0n) is 23.2. The highest BCUT2D eigenvalue weighted by atomic mass is 16.5. The summed E-state index contributed by atoms with van der Waals surface area (Å²) in [7, 11) is 4.20. The molecule has 0 aromatic rings. The van der Waals surface area contributed by atoms with Gasteiger partial charge >= 0.3 is 0 Å². The lowest BCUT2D eigenvalue weighted by Gasteiger charge is -2.21. The summed E-state index contributed by atoms with van der Waals surface area (Å²) in [5, 5.41) is 0. The Morgan fingerprint density at radius 3 is 2.12 bits per heavy atom. The van der Waals surface area contributed by atoms with Crippen LogP contribution in [0.25, 0.3) is 0 Å². The van der Waals surface area contributed by atoms with Crippen molar-refractivity contribution in [3.8, 4) is 0 Å². The molecule has 0 aromatic heterocycles. The third-order valence-corrected chi connectivity index (χ3v) is 6.08. The van der Waals surface area contributed by atoms with Gasteiger partial charge in [0.2, 0.25) is 0 Å². The molecule has 0 amide bonds. The molecule has 0 saturated heterocycles. The zero-order valence-corrected chi connectivity index (χ0v) is 23.2. The van der Waals surface area contributed by atoms with Crippen LogP contribution in [-0.2, 0) is 9.47 Å². The van der Waals surface area contributed by atoms with Crippen LogP contribution in [0.3, 0.4) is 0 Å². The summed E-state index contributed by atoms with van der Waals surface area (Å²) in [5.41, 5.74) is 0.